The maximum atomic E-state index is 11.4. The summed E-state index contributed by atoms with van der Waals surface area (Å²) in [6.07, 6.45) is 0. The summed E-state index contributed by atoms with van der Waals surface area (Å²) in [4.78, 5) is 12.3. The molecule has 4 nitrogen and oxygen atoms in total. The summed E-state index contributed by atoms with van der Waals surface area (Å²) in [5, 5.41) is 0. The van der Waals surface area contributed by atoms with E-state index in [2.05, 4.69) is 4.72 Å². The Balaban J connectivity index is 2.86. The van der Waals surface area contributed by atoms with E-state index in [0.717, 1.165) is 16.4 Å². The van der Waals surface area contributed by atoms with Crippen LogP contribution in [-0.2, 0) is 4.79 Å². The minimum absolute atomic E-state index is 0.0804. The standard InChI is InChI=1S/C13H19NO3S/c1-9(15)13(2,3)14-18-12-8-10(16-4)6-7-11(12)17-5/h6-8,14H,1-5H3. The number of ether oxygens (including phenoxy) is 2. The molecule has 18 heavy (non-hydrogen) atoms. The molecule has 0 aliphatic carbocycles. The van der Waals surface area contributed by atoms with Crippen LogP contribution in [0.25, 0.3) is 0 Å². The number of benzene rings is 1. The Morgan fingerprint density at radius 2 is 1.94 bits per heavy atom. The molecule has 5 heteroatoms. The Kier molecular flexibility index (Phi) is 5.04. The Bertz CT molecular complexity index is 432. The predicted octanol–water partition coefficient (Wildman–Crippen LogP) is 2.67. The Morgan fingerprint density at radius 3 is 2.44 bits per heavy atom. The van der Waals surface area contributed by atoms with Crippen LogP contribution in [0, 0.1) is 0 Å². The van der Waals surface area contributed by atoms with Crippen molar-refractivity contribution in [3.8, 4) is 11.5 Å². The first kappa shape index (κ1) is 14.9. The number of ketones is 1. The summed E-state index contributed by atoms with van der Waals surface area (Å²) in [7, 11) is 3.23. The van der Waals surface area contributed by atoms with Crippen molar-refractivity contribution in [1.82, 2.24) is 4.72 Å². The second-order valence-corrected chi connectivity index (χ2v) is 5.25. The lowest BCUT2D eigenvalue weighted by Crippen LogP contribution is -2.41. The molecule has 0 saturated heterocycles. The van der Waals surface area contributed by atoms with Gasteiger partial charge in [-0.25, -0.2) is 4.72 Å². The van der Waals surface area contributed by atoms with Crippen molar-refractivity contribution in [1.29, 1.82) is 0 Å². The third-order valence-electron chi connectivity index (χ3n) is 2.67. The molecular formula is C13H19NO3S. The zero-order valence-electron chi connectivity index (χ0n) is 11.4. The third-order valence-corrected chi connectivity index (χ3v) is 3.82. The van der Waals surface area contributed by atoms with Crippen molar-refractivity contribution in [2.75, 3.05) is 14.2 Å². The zero-order valence-corrected chi connectivity index (χ0v) is 12.2. The monoisotopic (exact) mass is 269 g/mol. The highest BCUT2D eigenvalue weighted by molar-refractivity contribution is 7.97. The summed E-state index contributed by atoms with van der Waals surface area (Å²) in [5.74, 6) is 1.57. The van der Waals surface area contributed by atoms with Crippen molar-refractivity contribution in [2.24, 2.45) is 0 Å². The second-order valence-electron chi connectivity index (χ2n) is 4.40. The van der Waals surface area contributed by atoms with E-state index in [1.54, 1.807) is 21.1 Å². The van der Waals surface area contributed by atoms with Gasteiger partial charge in [0.1, 0.15) is 17.3 Å². The molecule has 1 N–H and O–H groups in total. The maximum absolute atomic E-state index is 11.4. The third kappa shape index (κ3) is 3.65. The van der Waals surface area contributed by atoms with Crippen LogP contribution in [-0.4, -0.2) is 25.5 Å². The molecule has 0 radical (unpaired) electrons. The first-order valence-electron chi connectivity index (χ1n) is 5.58. The number of rotatable bonds is 6. The van der Waals surface area contributed by atoms with Gasteiger partial charge >= 0.3 is 0 Å². The average Bonchev–Trinajstić information content (AvgIpc) is 2.35. The maximum Gasteiger partial charge on any atom is 0.150 e. The fourth-order valence-electron chi connectivity index (χ4n) is 1.12. The molecular weight excluding hydrogens is 250 g/mol. The number of hydrogen-bond acceptors (Lipinski definition) is 5. The molecule has 0 saturated carbocycles. The van der Waals surface area contributed by atoms with Gasteiger partial charge in [-0.1, -0.05) is 0 Å². The summed E-state index contributed by atoms with van der Waals surface area (Å²) >= 11 is 1.36. The van der Waals surface area contributed by atoms with Gasteiger partial charge in [0.2, 0.25) is 0 Å². The largest absolute Gasteiger partial charge is 0.497 e. The van der Waals surface area contributed by atoms with E-state index in [4.69, 9.17) is 9.47 Å². The Morgan fingerprint density at radius 1 is 1.28 bits per heavy atom. The SMILES string of the molecule is COc1ccc(OC)c(SNC(C)(C)C(C)=O)c1. The number of carbonyl (C=O) groups is 1. The van der Waals surface area contributed by atoms with Gasteiger partial charge in [-0.05, 0) is 50.9 Å². The highest BCUT2D eigenvalue weighted by Gasteiger charge is 2.23. The lowest BCUT2D eigenvalue weighted by atomic mass is 10.0. The highest BCUT2D eigenvalue weighted by Crippen LogP contribution is 2.32. The first-order chi connectivity index (χ1) is 8.40. The quantitative estimate of drug-likeness (QED) is 0.805. The van der Waals surface area contributed by atoms with Crippen molar-refractivity contribution >= 4 is 17.7 Å². The van der Waals surface area contributed by atoms with E-state index in [-0.39, 0.29) is 5.78 Å². The number of hydrogen-bond donors (Lipinski definition) is 1. The summed E-state index contributed by atoms with van der Waals surface area (Å²) in [6.45, 7) is 5.25. The molecule has 100 valence electrons. The van der Waals surface area contributed by atoms with Crippen LogP contribution in [0.3, 0.4) is 0 Å². The van der Waals surface area contributed by atoms with E-state index in [1.807, 2.05) is 32.0 Å². The van der Waals surface area contributed by atoms with Crippen LogP contribution in [0.5, 0.6) is 11.5 Å². The smallest absolute Gasteiger partial charge is 0.150 e. The lowest BCUT2D eigenvalue weighted by molar-refractivity contribution is -0.121. The molecule has 1 aromatic carbocycles. The molecule has 0 heterocycles. The van der Waals surface area contributed by atoms with E-state index in [1.165, 1.54) is 11.9 Å². The normalized spacial score (nSPS) is 11.2. The van der Waals surface area contributed by atoms with Crippen molar-refractivity contribution in [2.45, 2.75) is 31.2 Å². The van der Waals surface area contributed by atoms with Gasteiger partial charge in [0, 0.05) is 0 Å². The lowest BCUT2D eigenvalue weighted by Gasteiger charge is -2.22. The molecule has 0 amide bonds. The van der Waals surface area contributed by atoms with E-state index < -0.39 is 5.54 Å². The van der Waals surface area contributed by atoms with Gasteiger partial charge in [0.15, 0.2) is 0 Å². The number of carbonyl (C=O) groups excluding carboxylic acids is 1. The fraction of sp³-hybridized carbons (Fsp3) is 0.462. The molecule has 0 spiro atoms. The molecule has 0 bridgehead atoms. The van der Waals surface area contributed by atoms with E-state index >= 15 is 0 Å². The van der Waals surface area contributed by atoms with Crippen molar-refractivity contribution in [3.63, 3.8) is 0 Å². The minimum Gasteiger partial charge on any atom is -0.497 e. The first-order valence-corrected chi connectivity index (χ1v) is 6.39. The average molecular weight is 269 g/mol. The van der Waals surface area contributed by atoms with Gasteiger partial charge < -0.3 is 9.47 Å². The number of Topliss-reactive ketones (excluding diaryl/α,β-unsaturated/α-hetero) is 1. The van der Waals surface area contributed by atoms with Gasteiger partial charge in [-0.3, -0.25) is 4.79 Å². The molecule has 1 aromatic rings. The summed E-state index contributed by atoms with van der Waals surface area (Å²) in [5.41, 5.74) is -0.585. The molecule has 0 unspecified atom stereocenters. The topological polar surface area (TPSA) is 47.6 Å². The van der Waals surface area contributed by atoms with Gasteiger partial charge in [0.25, 0.3) is 0 Å². The van der Waals surface area contributed by atoms with Gasteiger partial charge in [0.05, 0.1) is 24.7 Å². The minimum atomic E-state index is -0.585. The summed E-state index contributed by atoms with van der Waals surface area (Å²) in [6, 6.07) is 5.54. The molecule has 0 atom stereocenters. The van der Waals surface area contributed by atoms with Crippen LogP contribution in [0.2, 0.25) is 0 Å². The van der Waals surface area contributed by atoms with E-state index in [0.29, 0.717) is 0 Å². The van der Waals surface area contributed by atoms with Gasteiger partial charge in [-0.2, -0.15) is 0 Å². The summed E-state index contributed by atoms with van der Waals surface area (Å²) < 4.78 is 13.6. The van der Waals surface area contributed by atoms with E-state index in [9.17, 15) is 4.79 Å². The van der Waals surface area contributed by atoms with Crippen molar-refractivity contribution in [3.05, 3.63) is 18.2 Å². The number of nitrogens with one attached hydrogen (secondary N) is 1. The molecule has 0 aliphatic rings. The Labute approximate surface area is 112 Å². The zero-order chi connectivity index (χ0) is 13.8. The molecule has 0 fully saturated rings. The van der Waals surface area contributed by atoms with Crippen LogP contribution in [0.15, 0.2) is 23.1 Å². The van der Waals surface area contributed by atoms with Gasteiger partial charge in [-0.15, -0.1) is 0 Å². The number of methoxy groups -OCH3 is 2. The van der Waals surface area contributed by atoms with Crippen molar-refractivity contribution < 1.29 is 14.3 Å². The molecule has 1 rings (SSSR count). The highest BCUT2D eigenvalue weighted by atomic mass is 32.2. The fourth-order valence-corrected chi connectivity index (χ4v) is 2.05. The van der Waals surface area contributed by atoms with Crippen LogP contribution >= 0.6 is 11.9 Å². The van der Waals surface area contributed by atoms with Crippen LogP contribution in [0.4, 0.5) is 0 Å². The van der Waals surface area contributed by atoms with Crippen LogP contribution < -0.4 is 14.2 Å². The Hall–Kier alpha value is -1.20. The molecule has 0 aromatic heterocycles. The molecule has 0 aliphatic heterocycles. The van der Waals surface area contributed by atoms with Crippen LogP contribution in [0.1, 0.15) is 20.8 Å². The predicted molar refractivity (Wildman–Crippen MR) is 73.3 cm³/mol. The second kappa shape index (κ2) is 6.11.